The van der Waals surface area contributed by atoms with Gasteiger partial charge >= 0.3 is 11.8 Å². The predicted molar refractivity (Wildman–Crippen MR) is 127 cm³/mol. The van der Waals surface area contributed by atoms with Crippen LogP contribution in [0.2, 0.25) is 0 Å². The number of anilines is 1. The summed E-state index contributed by atoms with van der Waals surface area (Å²) in [5.41, 5.74) is 4.38. The standard InChI is InChI=1S/C24H22BrN3O4/c1-2-31-21-13-11-20(12-14-21)27-23(29)24(30)28-26-15-18-5-3-4-6-22(18)32-16-17-7-9-19(25)10-8-17/h3-15H,2,16H2,1H3,(H,27,29)(H,28,30). The third-order valence-corrected chi connectivity index (χ3v) is 4.75. The maximum Gasteiger partial charge on any atom is 0.329 e. The molecule has 3 rings (SSSR count). The molecule has 32 heavy (non-hydrogen) atoms. The van der Waals surface area contributed by atoms with Gasteiger partial charge in [-0.3, -0.25) is 9.59 Å². The number of hydrogen-bond acceptors (Lipinski definition) is 5. The second-order valence-corrected chi connectivity index (χ2v) is 7.48. The molecule has 8 heteroatoms. The fourth-order valence-corrected chi connectivity index (χ4v) is 2.92. The van der Waals surface area contributed by atoms with E-state index >= 15 is 0 Å². The third kappa shape index (κ3) is 6.95. The highest BCUT2D eigenvalue weighted by atomic mass is 79.9. The number of para-hydroxylation sites is 1. The first-order valence-corrected chi connectivity index (χ1v) is 10.7. The molecule has 0 spiro atoms. The van der Waals surface area contributed by atoms with Gasteiger partial charge in [0.1, 0.15) is 18.1 Å². The average molecular weight is 496 g/mol. The van der Waals surface area contributed by atoms with Crippen molar-refractivity contribution in [3.8, 4) is 11.5 Å². The lowest BCUT2D eigenvalue weighted by molar-refractivity contribution is -0.136. The molecule has 0 atom stereocenters. The summed E-state index contributed by atoms with van der Waals surface area (Å²) in [5.74, 6) is -0.428. The molecule has 0 bridgehead atoms. The summed E-state index contributed by atoms with van der Waals surface area (Å²) in [6.45, 7) is 2.81. The topological polar surface area (TPSA) is 89.0 Å². The fraction of sp³-hybridized carbons (Fsp3) is 0.125. The van der Waals surface area contributed by atoms with Crippen LogP contribution in [0.1, 0.15) is 18.1 Å². The van der Waals surface area contributed by atoms with E-state index in [9.17, 15) is 9.59 Å². The highest BCUT2D eigenvalue weighted by Crippen LogP contribution is 2.19. The van der Waals surface area contributed by atoms with Gasteiger partial charge in [-0.25, -0.2) is 5.43 Å². The van der Waals surface area contributed by atoms with Crippen LogP contribution in [-0.4, -0.2) is 24.6 Å². The van der Waals surface area contributed by atoms with Crippen LogP contribution < -0.4 is 20.2 Å². The molecule has 0 aliphatic carbocycles. The molecule has 0 aliphatic heterocycles. The van der Waals surface area contributed by atoms with E-state index in [4.69, 9.17) is 9.47 Å². The molecule has 0 unspecified atom stereocenters. The van der Waals surface area contributed by atoms with Crippen LogP contribution >= 0.6 is 15.9 Å². The monoisotopic (exact) mass is 495 g/mol. The quantitative estimate of drug-likeness (QED) is 0.273. The van der Waals surface area contributed by atoms with Crippen LogP contribution in [0.15, 0.2) is 82.4 Å². The number of hydrogen-bond donors (Lipinski definition) is 2. The van der Waals surface area contributed by atoms with Crippen molar-refractivity contribution >= 4 is 39.6 Å². The summed E-state index contributed by atoms with van der Waals surface area (Å²) < 4.78 is 12.2. The average Bonchev–Trinajstić information content (AvgIpc) is 2.81. The summed E-state index contributed by atoms with van der Waals surface area (Å²) >= 11 is 3.40. The second-order valence-electron chi connectivity index (χ2n) is 6.56. The van der Waals surface area contributed by atoms with Gasteiger partial charge in [0.15, 0.2) is 0 Å². The van der Waals surface area contributed by atoms with E-state index in [0.717, 1.165) is 10.0 Å². The van der Waals surface area contributed by atoms with Gasteiger partial charge in [0.05, 0.1) is 12.8 Å². The Hall–Kier alpha value is -3.65. The van der Waals surface area contributed by atoms with Crippen molar-refractivity contribution < 1.29 is 19.1 Å². The lowest BCUT2D eigenvalue weighted by atomic mass is 10.2. The maximum absolute atomic E-state index is 12.1. The molecule has 2 N–H and O–H groups in total. The predicted octanol–water partition coefficient (Wildman–Crippen LogP) is 4.52. The first-order valence-electron chi connectivity index (χ1n) is 9.88. The summed E-state index contributed by atoms with van der Waals surface area (Å²) in [4.78, 5) is 24.1. The largest absolute Gasteiger partial charge is 0.494 e. The molecule has 0 fully saturated rings. The zero-order chi connectivity index (χ0) is 22.8. The van der Waals surface area contributed by atoms with E-state index in [0.29, 0.717) is 36.0 Å². The van der Waals surface area contributed by atoms with Gasteiger partial charge in [-0.15, -0.1) is 0 Å². The van der Waals surface area contributed by atoms with Crippen molar-refractivity contribution in [2.75, 3.05) is 11.9 Å². The van der Waals surface area contributed by atoms with Crippen LogP contribution in [0.5, 0.6) is 11.5 Å². The van der Waals surface area contributed by atoms with Gasteiger partial charge in [0.25, 0.3) is 0 Å². The summed E-state index contributed by atoms with van der Waals surface area (Å²) in [6, 6.07) is 21.8. The Bertz CT molecular complexity index is 1080. The van der Waals surface area contributed by atoms with Gasteiger partial charge in [-0.2, -0.15) is 5.10 Å². The molecular weight excluding hydrogens is 474 g/mol. The minimum atomic E-state index is -0.886. The van der Waals surface area contributed by atoms with Crippen molar-refractivity contribution in [2.24, 2.45) is 5.10 Å². The fourth-order valence-electron chi connectivity index (χ4n) is 2.66. The first-order chi connectivity index (χ1) is 15.5. The molecule has 0 saturated carbocycles. The Morgan fingerprint density at radius 1 is 0.938 bits per heavy atom. The van der Waals surface area contributed by atoms with E-state index in [1.165, 1.54) is 6.21 Å². The second kappa shape index (κ2) is 11.7. The number of halogens is 1. The van der Waals surface area contributed by atoms with Crippen molar-refractivity contribution in [1.82, 2.24) is 5.43 Å². The Balaban J connectivity index is 1.54. The van der Waals surface area contributed by atoms with Crippen LogP contribution in [0.25, 0.3) is 0 Å². The normalized spacial score (nSPS) is 10.6. The summed E-state index contributed by atoms with van der Waals surface area (Å²) in [6.07, 6.45) is 1.43. The van der Waals surface area contributed by atoms with Gasteiger partial charge in [0.2, 0.25) is 0 Å². The summed E-state index contributed by atoms with van der Waals surface area (Å²) in [7, 11) is 0. The van der Waals surface area contributed by atoms with E-state index in [-0.39, 0.29) is 0 Å². The Morgan fingerprint density at radius 2 is 1.66 bits per heavy atom. The Morgan fingerprint density at radius 3 is 2.38 bits per heavy atom. The summed E-state index contributed by atoms with van der Waals surface area (Å²) in [5, 5.41) is 6.38. The molecule has 0 heterocycles. The van der Waals surface area contributed by atoms with Crippen LogP contribution in [0.4, 0.5) is 5.69 Å². The molecule has 0 aromatic heterocycles. The van der Waals surface area contributed by atoms with Crippen molar-refractivity contribution in [2.45, 2.75) is 13.5 Å². The molecule has 0 radical (unpaired) electrons. The lowest BCUT2D eigenvalue weighted by Gasteiger charge is -2.09. The number of benzene rings is 3. The van der Waals surface area contributed by atoms with Crippen molar-refractivity contribution in [3.05, 3.63) is 88.4 Å². The minimum absolute atomic E-state index is 0.384. The van der Waals surface area contributed by atoms with E-state index in [2.05, 4.69) is 31.8 Å². The number of nitrogens with one attached hydrogen (secondary N) is 2. The minimum Gasteiger partial charge on any atom is -0.494 e. The number of ether oxygens (including phenoxy) is 2. The Labute approximate surface area is 194 Å². The van der Waals surface area contributed by atoms with Gasteiger partial charge in [0, 0.05) is 15.7 Å². The maximum atomic E-state index is 12.1. The lowest BCUT2D eigenvalue weighted by Crippen LogP contribution is -2.32. The highest BCUT2D eigenvalue weighted by Gasteiger charge is 2.13. The molecule has 3 aromatic carbocycles. The van der Waals surface area contributed by atoms with E-state index < -0.39 is 11.8 Å². The van der Waals surface area contributed by atoms with Crippen LogP contribution in [0, 0.1) is 0 Å². The van der Waals surface area contributed by atoms with Crippen molar-refractivity contribution in [3.63, 3.8) is 0 Å². The number of nitrogens with zero attached hydrogens (tertiary/aromatic N) is 1. The molecule has 164 valence electrons. The molecule has 0 aliphatic rings. The highest BCUT2D eigenvalue weighted by molar-refractivity contribution is 9.10. The first kappa shape index (κ1) is 23.0. The van der Waals surface area contributed by atoms with Gasteiger partial charge in [-0.1, -0.05) is 40.2 Å². The molecule has 2 amide bonds. The number of hydrazone groups is 1. The molecule has 0 saturated heterocycles. The van der Waals surface area contributed by atoms with Gasteiger partial charge in [-0.05, 0) is 61.0 Å². The number of rotatable bonds is 8. The number of amides is 2. The van der Waals surface area contributed by atoms with Crippen LogP contribution in [-0.2, 0) is 16.2 Å². The molecular formula is C24H22BrN3O4. The van der Waals surface area contributed by atoms with E-state index in [1.807, 2.05) is 43.3 Å². The molecule has 7 nitrogen and oxygen atoms in total. The van der Waals surface area contributed by atoms with Gasteiger partial charge < -0.3 is 14.8 Å². The van der Waals surface area contributed by atoms with Crippen molar-refractivity contribution in [1.29, 1.82) is 0 Å². The number of carbonyl (C=O) groups excluding carboxylic acids is 2. The SMILES string of the molecule is CCOc1ccc(NC(=O)C(=O)NN=Cc2ccccc2OCc2ccc(Br)cc2)cc1. The smallest absolute Gasteiger partial charge is 0.329 e. The zero-order valence-electron chi connectivity index (χ0n) is 17.4. The van der Waals surface area contributed by atoms with E-state index in [1.54, 1.807) is 36.4 Å². The third-order valence-electron chi connectivity index (χ3n) is 4.23. The Kier molecular flexibility index (Phi) is 8.39. The van der Waals surface area contributed by atoms with Crippen LogP contribution in [0.3, 0.4) is 0 Å². The molecule has 3 aromatic rings. The number of carbonyl (C=O) groups is 2. The zero-order valence-corrected chi connectivity index (χ0v) is 19.0.